The topological polar surface area (TPSA) is 98.1 Å². The minimum atomic E-state index is -1.19. The molecule has 7 heteroatoms. The number of likely N-dealkylation sites (tertiary alicyclic amines) is 1. The van der Waals surface area contributed by atoms with Gasteiger partial charge in [0.05, 0.1) is 6.10 Å². The average Bonchev–Trinajstić information content (AvgIpc) is 3.07. The minimum Gasteiger partial charge on any atom is -0.481 e. The van der Waals surface area contributed by atoms with Gasteiger partial charge in [0.15, 0.2) is 0 Å². The summed E-state index contributed by atoms with van der Waals surface area (Å²) in [5.41, 5.74) is -0.300. The fourth-order valence-corrected chi connectivity index (χ4v) is 4.36. The Labute approximate surface area is 155 Å². The first-order valence-corrected chi connectivity index (χ1v) is 9.22. The average molecular weight is 375 g/mol. The third kappa shape index (κ3) is 3.80. The van der Waals surface area contributed by atoms with Crippen molar-refractivity contribution in [2.45, 2.75) is 25.5 Å². The van der Waals surface area contributed by atoms with Crippen molar-refractivity contribution in [1.29, 1.82) is 0 Å². The van der Waals surface area contributed by atoms with Gasteiger partial charge >= 0.3 is 11.9 Å². The lowest BCUT2D eigenvalue weighted by Gasteiger charge is -2.42. The second-order valence-corrected chi connectivity index (χ2v) is 7.86. The number of carboxylic acid groups (broad SMARTS) is 2. The van der Waals surface area contributed by atoms with E-state index in [2.05, 4.69) is 0 Å². The first-order chi connectivity index (χ1) is 12.4. The second-order valence-electron chi connectivity index (χ2n) is 6.70. The fraction of sp³-hybridized carbons (Fsp3) is 0.368. The Morgan fingerprint density at radius 1 is 1.15 bits per heavy atom. The van der Waals surface area contributed by atoms with E-state index in [4.69, 9.17) is 5.11 Å². The smallest absolute Gasteiger partial charge is 0.345 e. The molecule has 1 aliphatic rings. The molecule has 0 spiro atoms. The van der Waals surface area contributed by atoms with Crippen LogP contribution in [0.4, 0.5) is 0 Å². The fourth-order valence-electron chi connectivity index (χ4n) is 3.47. The largest absolute Gasteiger partial charge is 0.481 e. The molecule has 0 amide bonds. The summed E-state index contributed by atoms with van der Waals surface area (Å²) in [7, 11) is 0. The Balaban J connectivity index is 1.70. The van der Waals surface area contributed by atoms with Crippen molar-refractivity contribution in [2.75, 3.05) is 13.1 Å². The zero-order chi connectivity index (χ0) is 18.7. The predicted octanol–water partition coefficient (Wildman–Crippen LogP) is 2.33. The van der Waals surface area contributed by atoms with E-state index in [1.54, 1.807) is 12.1 Å². The summed E-state index contributed by atoms with van der Waals surface area (Å²) in [6, 6.07) is 12.7. The predicted molar refractivity (Wildman–Crippen MR) is 97.4 cm³/mol. The summed E-state index contributed by atoms with van der Waals surface area (Å²) < 4.78 is 0. The van der Waals surface area contributed by atoms with Crippen molar-refractivity contribution in [3.8, 4) is 0 Å². The van der Waals surface area contributed by atoms with Crippen LogP contribution in [0.5, 0.6) is 0 Å². The molecule has 0 saturated carbocycles. The van der Waals surface area contributed by atoms with Crippen LogP contribution in [-0.4, -0.2) is 51.4 Å². The molecule has 0 radical (unpaired) electrons. The molecule has 6 nitrogen and oxygen atoms in total. The number of benzene rings is 1. The number of piperidine rings is 1. The number of β-amino-alcohol motifs (C(OH)–C–C–N with tert-alkyl or cyclic N) is 1. The van der Waals surface area contributed by atoms with Crippen LogP contribution in [0.2, 0.25) is 0 Å². The van der Waals surface area contributed by atoms with Gasteiger partial charge in [0.25, 0.3) is 0 Å². The van der Waals surface area contributed by atoms with E-state index >= 15 is 0 Å². The lowest BCUT2D eigenvalue weighted by Crippen LogP contribution is -2.55. The maximum atomic E-state index is 12.0. The van der Waals surface area contributed by atoms with Gasteiger partial charge in [0, 0.05) is 18.0 Å². The van der Waals surface area contributed by atoms with Crippen molar-refractivity contribution in [2.24, 2.45) is 5.41 Å². The van der Waals surface area contributed by atoms with Crippen molar-refractivity contribution in [3.63, 3.8) is 0 Å². The zero-order valence-electron chi connectivity index (χ0n) is 14.2. The standard InChI is InChI=1S/C19H21NO5S/c21-16-12-20(11-14-6-7-15(26-14)17(22)23)9-8-19(16,18(24)25)10-13-4-2-1-3-5-13/h1-7,16,21H,8-12H2,(H,22,23)(H,24,25)/t16-,19+/m0/s1. The van der Waals surface area contributed by atoms with Gasteiger partial charge in [-0.2, -0.15) is 0 Å². The highest BCUT2D eigenvalue weighted by Crippen LogP contribution is 2.36. The van der Waals surface area contributed by atoms with E-state index in [1.165, 1.54) is 11.3 Å². The van der Waals surface area contributed by atoms with Crippen LogP contribution in [0.1, 0.15) is 26.5 Å². The van der Waals surface area contributed by atoms with Gasteiger partial charge in [0.1, 0.15) is 10.3 Å². The van der Waals surface area contributed by atoms with Gasteiger partial charge in [-0.25, -0.2) is 4.79 Å². The summed E-state index contributed by atoms with van der Waals surface area (Å²) in [6.45, 7) is 1.30. The third-order valence-electron chi connectivity index (χ3n) is 4.98. The number of carbonyl (C=O) groups is 2. The molecule has 0 aliphatic carbocycles. The van der Waals surface area contributed by atoms with Crippen LogP contribution in [0.25, 0.3) is 0 Å². The normalized spacial score (nSPS) is 23.7. The number of aliphatic hydroxyl groups is 1. The lowest BCUT2D eigenvalue weighted by atomic mass is 9.71. The number of thiophene rings is 1. The summed E-state index contributed by atoms with van der Waals surface area (Å²) in [4.78, 5) is 26.1. The molecular formula is C19H21NO5S. The number of hydrogen-bond acceptors (Lipinski definition) is 5. The van der Waals surface area contributed by atoms with Crippen LogP contribution in [-0.2, 0) is 17.8 Å². The van der Waals surface area contributed by atoms with Gasteiger partial charge in [0.2, 0.25) is 0 Å². The summed E-state index contributed by atoms with van der Waals surface area (Å²) in [5, 5.41) is 29.5. The minimum absolute atomic E-state index is 0.249. The number of aliphatic hydroxyl groups excluding tert-OH is 1. The SMILES string of the molecule is O=C(O)c1ccc(CN2CC[C@](Cc3ccccc3)(C(=O)O)[C@@H](O)C2)s1. The van der Waals surface area contributed by atoms with Crippen LogP contribution in [0, 0.1) is 5.41 Å². The molecule has 2 aromatic rings. The Bertz CT molecular complexity index is 790. The van der Waals surface area contributed by atoms with E-state index < -0.39 is 23.5 Å². The Morgan fingerprint density at radius 2 is 1.88 bits per heavy atom. The molecule has 1 aliphatic heterocycles. The molecule has 1 aromatic carbocycles. The van der Waals surface area contributed by atoms with Crippen LogP contribution in [0.3, 0.4) is 0 Å². The van der Waals surface area contributed by atoms with Gasteiger partial charge in [-0.1, -0.05) is 30.3 Å². The molecule has 3 N–H and O–H groups in total. The van der Waals surface area contributed by atoms with Gasteiger partial charge < -0.3 is 15.3 Å². The van der Waals surface area contributed by atoms with E-state index in [0.717, 1.165) is 10.4 Å². The Morgan fingerprint density at radius 3 is 2.46 bits per heavy atom. The molecule has 138 valence electrons. The van der Waals surface area contributed by atoms with E-state index in [-0.39, 0.29) is 11.4 Å². The monoisotopic (exact) mass is 375 g/mol. The molecule has 1 aromatic heterocycles. The molecule has 1 saturated heterocycles. The Hall–Kier alpha value is -2.22. The molecule has 26 heavy (non-hydrogen) atoms. The number of nitrogens with zero attached hydrogens (tertiary/aromatic N) is 1. The van der Waals surface area contributed by atoms with Gasteiger partial charge in [-0.05, 0) is 37.1 Å². The van der Waals surface area contributed by atoms with E-state index in [0.29, 0.717) is 25.9 Å². The highest BCUT2D eigenvalue weighted by atomic mass is 32.1. The summed E-state index contributed by atoms with van der Waals surface area (Å²) >= 11 is 1.21. The molecule has 3 rings (SSSR count). The van der Waals surface area contributed by atoms with Crippen molar-refractivity contribution < 1.29 is 24.9 Å². The maximum Gasteiger partial charge on any atom is 0.345 e. The maximum absolute atomic E-state index is 12.0. The second kappa shape index (κ2) is 7.57. The molecule has 2 heterocycles. The number of carboxylic acids is 2. The highest BCUT2D eigenvalue weighted by Gasteiger charge is 2.48. The Kier molecular flexibility index (Phi) is 5.41. The molecular weight excluding hydrogens is 354 g/mol. The number of hydrogen-bond donors (Lipinski definition) is 3. The van der Waals surface area contributed by atoms with Crippen molar-refractivity contribution in [1.82, 2.24) is 4.90 Å². The van der Waals surface area contributed by atoms with Crippen LogP contribution >= 0.6 is 11.3 Å². The molecule has 1 fully saturated rings. The van der Waals surface area contributed by atoms with Crippen LogP contribution in [0.15, 0.2) is 42.5 Å². The quantitative estimate of drug-likeness (QED) is 0.717. The molecule has 0 bridgehead atoms. The number of aliphatic carboxylic acids is 1. The lowest BCUT2D eigenvalue weighted by molar-refractivity contribution is -0.163. The van der Waals surface area contributed by atoms with E-state index in [1.807, 2.05) is 35.2 Å². The third-order valence-corrected chi connectivity index (χ3v) is 6.04. The van der Waals surface area contributed by atoms with Crippen molar-refractivity contribution >= 4 is 23.3 Å². The number of rotatable bonds is 6. The molecule has 2 atom stereocenters. The summed E-state index contributed by atoms with van der Waals surface area (Å²) in [6.07, 6.45) is -0.358. The highest BCUT2D eigenvalue weighted by molar-refractivity contribution is 7.13. The first-order valence-electron chi connectivity index (χ1n) is 8.40. The van der Waals surface area contributed by atoms with E-state index in [9.17, 15) is 19.8 Å². The zero-order valence-corrected chi connectivity index (χ0v) is 15.0. The van der Waals surface area contributed by atoms with Gasteiger partial charge in [-0.15, -0.1) is 11.3 Å². The van der Waals surface area contributed by atoms with Crippen LogP contribution < -0.4 is 0 Å². The number of aromatic carboxylic acids is 1. The van der Waals surface area contributed by atoms with Crippen molar-refractivity contribution in [3.05, 3.63) is 57.8 Å². The first kappa shape index (κ1) is 18.6. The van der Waals surface area contributed by atoms with Gasteiger partial charge in [-0.3, -0.25) is 9.69 Å². The summed E-state index contributed by atoms with van der Waals surface area (Å²) in [5.74, 6) is -1.93. The molecule has 0 unspecified atom stereocenters.